The van der Waals surface area contributed by atoms with Crippen LogP contribution in [0, 0.1) is 0 Å². The number of nitrogens with one attached hydrogen (secondary N) is 1. The molecule has 0 unspecified atom stereocenters. The van der Waals surface area contributed by atoms with Crippen LogP contribution in [0.3, 0.4) is 0 Å². The topological polar surface area (TPSA) is 50.2 Å². The Morgan fingerprint density at radius 3 is 2.65 bits per heavy atom. The van der Waals surface area contributed by atoms with Gasteiger partial charge in [-0.15, -0.1) is 0 Å². The van der Waals surface area contributed by atoms with Gasteiger partial charge >= 0.3 is 0 Å². The molecular formula is C15H18N4O. The molecule has 5 nitrogen and oxygen atoms in total. The van der Waals surface area contributed by atoms with Crippen LogP contribution in [0.2, 0.25) is 0 Å². The largest absolute Gasteiger partial charge is 0.314 e. The van der Waals surface area contributed by atoms with Crippen molar-refractivity contribution in [2.45, 2.75) is 0 Å². The van der Waals surface area contributed by atoms with E-state index in [2.05, 4.69) is 15.3 Å². The normalized spacial score (nSPS) is 16.2. The summed E-state index contributed by atoms with van der Waals surface area (Å²) in [4.78, 5) is 14.6. The molecule has 1 aliphatic heterocycles. The number of rotatable bonds is 4. The fourth-order valence-corrected chi connectivity index (χ4v) is 2.44. The Morgan fingerprint density at radius 2 is 1.90 bits per heavy atom. The van der Waals surface area contributed by atoms with E-state index in [1.807, 2.05) is 30.3 Å². The monoisotopic (exact) mass is 270 g/mol. The van der Waals surface area contributed by atoms with Gasteiger partial charge in [-0.25, -0.2) is 4.68 Å². The molecule has 1 N–H and O–H groups in total. The second kappa shape index (κ2) is 5.98. The SMILES string of the molecule is O=C(CN1CCNCC1)c1ccnn1-c1ccccc1. The van der Waals surface area contributed by atoms with Crippen LogP contribution in [0.15, 0.2) is 42.6 Å². The quantitative estimate of drug-likeness (QED) is 0.841. The van der Waals surface area contributed by atoms with Crippen molar-refractivity contribution < 1.29 is 4.79 Å². The van der Waals surface area contributed by atoms with Crippen LogP contribution in [0.1, 0.15) is 10.5 Å². The molecule has 0 radical (unpaired) electrons. The first-order valence-corrected chi connectivity index (χ1v) is 6.90. The number of benzene rings is 1. The van der Waals surface area contributed by atoms with Crippen molar-refractivity contribution in [1.82, 2.24) is 20.0 Å². The number of ketones is 1. The summed E-state index contributed by atoms with van der Waals surface area (Å²) >= 11 is 0. The highest BCUT2D eigenvalue weighted by molar-refractivity contribution is 5.96. The van der Waals surface area contributed by atoms with Crippen LogP contribution in [0.25, 0.3) is 5.69 Å². The third-order valence-corrected chi connectivity index (χ3v) is 3.51. The molecule has 1 fully saturated rings. The number of para-hydroxylation sites is 1. The van der Waals surface area contributed by atoms with Crippen LogP contribution >= 0.6 is 0 Å². The van der Waals surface area contributed by atoms with Crippen molar-refractivity contribution in [3.8, 4) is 5.69 Å². The van der Waals surface area contributed by atoms with E-state index in [9.17, 15) is 4.79 Å². The van der Waals surface area contributed by atoms with Crippen molar-refractivity contribution in [3.63, 3.8) is 0 Å². The average molecular weight is 270 g/mol. The number of Topliss-reactive ketones (excluding diaryl/α,β-unsaturated/α-hetero) is 1. The van der Waals surface area contributed by atoms with E-state index in [4.69, 9.17) is 0 Å². The van der Waals surface area contributed by atoms with E-state index < -0.39 is 0 Å². The standard InChI is InChI=1S/C15H18N4O/c20-15(12-18-10-8-16-9-11-18)14-6-7-17-19(14)13-4-2-1-3-5-13/h1-7,16H,8-12H2. The molecule has 0 amide bonds. The molecule has 3 rings (SSSR count). The lowest BCUT2D eigenvalue weighted by Crippen LogP contribution is -2.45. The van der Waals surface area contributed by atoms with Gasteiger partial charge in [-0.05, 0) is 18.2 Å². The highest BCUT2D eigenvalue weighted by Gasteiger charge is 2.18. The number of piperazine rings is 1. The molecule has 1 aliphatic rings. The summed E-state index contributed by atoms with van der Waals surface area (Å²) in [6.07, 6.45) is 1.68. The van der Waals surface area contributed by atoms with E-state index in [-0.39, 0.29) is 5.78 Å². The third-order valence-electron chi connectivity index (χ3n) is 3.51. The summed E-state index contributed by atoms with van der Waals surface area (Å²) < 4.78 is 1.71. The molecule has 0 bridgehead atoms. The number of hydrogen-bond acceptors (Lipinski definition) is 4. The zero-order chi connectivity index (χ0) is 13.8. The highest BCUT2D eigenvalue weighted by Crippen LogP contribution is 2.11. The third kappa shape index (κ3) is 2.79. The predicted octanol–water partition coefficient (Wildman–Crippen LogP) is 0.960. The molecule has 0 saturated carbocycles. The van der Waals surface area contributed by atoms with Gasteiger partial charge in [0, 0.05) is 26.2 Å². The second-order valence-electron chi connectivity index (χ2n) is 4.91. The van der Waals surface area contributed by atoms with E-state index in [1.165, 1.54) is 0 Å². The second-order valence-corrected chi connectivity index (χ2v) is 4.91. The molecular weight excluding hydrogens is 252 g/mol. The van der Waals surface area contributed by atoms with Crippen molar-refractivity contribution in [2.75, 3.05) is 32.7 Å². The maximum atomic E-state index is 12.4. The minimum Gasteiger partial charge on any atom is -0.314 e. The van der Waals surface area contributed by atoms with Crippen LogP contribution in [-0.4, -0.2) is 53.2 Å². The van der Waals surface area contributed by atoms with Crippen molar-refractivity contribution in [1.29, 1.82) is 0 Å². The first kappa shape index (κ1) is 13.0. The molecule has 104 valence electrons. The fourth-order valence-electron chi connectivity index (χ4n) is 2.44. The summed E-state index contributed by atoms with van der Waals surface area (Å²) in [6.45, 7) is 4.20. The maximum Gasteiger partial charge on any atom is 0.195 e. The van der Waals surface area contributed by atoms with Gasteiger partial charge in [0.1, 0.15) is 5.69 Å². The van der Waals surface area contributed by atoms with Gasteiger partial charge in [0.15, 0.2) is 5.78 Å². The zero-order valence-corrected chi connectivity index (χ0v) is 11.3. The lowest BCUT2D eigenvalue weighted by Gasteiger charge is -2.26. The summed E-state index contributed by atoms with van der Waals surface area (Å²) in [7, 11) is 0. The van der Waals surface area contributed by atoms with E-state index >= 15 is 0 Å². The Balaban J connectivity index is 1.77. The molecule has 1 saturated heterocycles. The molecule has 2 aromatic rings. The number of aromatic nitrogens is 2. The molecule has 0 atom stereocenters. The fraction of sp³-hybridized carbons (Fsp3) is 0.333. The van der Waals surface area contributed by atoms with Gasteiger partial charge in [0.25, 0.3) is 0 Å². The van der Waals surface area contributed by atoms with Crippen LogP contribution in [0.4, 0.5) is 0 Å². The lowest BCUT2D eigenvalue weighted by atomic mass is 10.2. The van der Waals surface area contributed by atoms with E-state index in [0.717, 1.165) is 31.9 Å². The summed E-state index contributed by atoms with van der Waals surface area (Å²) in [6, 6.07) is 11.5. The minimum absolute atomic E-state index is 0.119. The van der Waals surface area contributed by atoms with Gasteiger partial charge in [0.2, 0.25) is 0 Å². The van der Waals surface area contributed by atoms with Crippen LogP contribution < -0.4 is 5.32 Å². The van der Waals surface area contributed by atoms with Crippen LogP contribution in [-0.2, 0) is 0 Å². The predicted molar refractivity (Wildman–Crippen MR) is 77.2 cm³/mol. The van der Waals surface area contributed by atoms with Gasteiger partial charge in [-0.2, -0.15) is 5.10 Å². The molecule has 1 aromatic heterocycles. The number of carbonyl (C=O) groups excluding carboxylic acids is 1. The molecule has 5 heteroatoms. The Labute approximate surface area is 118 Å². The van der Waals surface area contributed by atoms with Crippen molar-refractivity contribution >= 4 is 5.78 Å². The van der Waals surface area contributed by atoms with Crippen molar-refractivity contribution in [2.24, 2.45) is 0 Å². The summed E-state index contributed by atoms with van der Waals surface area (Å²) in [5.74, 6) is 0.119. The summed E-state index contributed by atoms with van der Waals surface area (Å²) in [5.41, 5.74) is 1.57. The Hall–Kier alpha value is -1.98. The Bertz CT molecular complexity index is 573. The maximum absolute atomic E-state index is 12.4. The van der Waals surface area contributed by atoms with Gasteiger partial charge in [-0.3, -0.25) is 9.69 Å². The molecule has 20 heavy (non-hydrogen) atoms. The number of carbonyl (C=O) groups is 1. The highest BCUT2D eigenvalue weighted by atomic mass is 16.1. The van der Waals surface area contributed by atoms with E-state index in [1.54, 1.807) is 16.9 Å². The molecule has 0 aliphatic carbocycles. The van der Waals surface area contributed by atoms with Crippen LogP contribution in [0.5, 0.6) is 0 Å². The first-order valence-electron chi connectivity index (χ1n) is 6.90. The Kier molecular flexibility index (Phi) is 3.90. The van der Waals surface area contributed by atoms with Gasteiger partial charge < -0.3 is 5.32 Å². The minimum atomic E-state index is 0.119. The summed E-state index contributed by atoms with van der Waals surface area (Å²) in [5, 5.41) is 7.56. The molecule has 1 aromatic carbocycles. The van der Waals surface area contributed by atoms with Gasteiger partial charge in [-0.1, -0.05) is 18.2 Å². The first-order chi connectivity index (χ1) is 9.84. The molecule has 2 heterocycles. The van der Waals surface area contributed by atoms with Gasteiger partial charge in [0.05, 0.1) is 18.4 Å². The van der Waals surface area contributed by atoms with Crippen molar-refractivity contribution in [3.05, 3.63) is 48.3 Å². The number of nitrogens with zero attached hydrogens (tertiary/aromatic N) is 3. The van der Waals surface area contributed by atoms with E-state index in [0.29, 0.717) is 12.2 Å². The Morgan fingerprint density at radius 1 is 1.15 bits per heavy atom. The molecule has 0 spiro atoms. The zero-order valence-electron chi connectivity index (χ0n) is 11.3. The average Bonchev–Trinajstić information content (AvgIpc) is 2.99. The lowest BCUT2D eigenvalue weighted by molar-refractivity contribution is 0.0914. The number of hydrogen-bond donors (Lipinski definition) is 1. The smallest absolute Gasteiger partial charge is 0.195 e.